The number of nitrogens with zero attached hydrogens (tertiary/aromatic N) is 1. The van der Waals surface area contributed by atoms with Crippen LogP contribution in [0.3, 0.4) is 0 Å². The summed E-state index contributed by atoms with van der Waals surface area (Å²) in [6.45, 7) is 4.14. The number of benzene rings is 2. The molecule has 0 aliphatic carbocycles. The molecule has 0 radical (unpaired) electrons. The molecule has 2 nitrogen and oxygen atoms in total. The number of hydrogen-bond acceptors (Lipinski definition) is 2. The van der Waals surface area contributed by atoms with Crippen molar-refractivity contribution in [3.05, 3.63) is 63.6 Å². The van der Waals surface area contributed by atoms with Crippen LogP contribution < -0.4 is 4.90 Å². The molecule has 4 heteroatoms. The van der Waals surface area contributed by atoms with Gasteiger partial charge in [-0.05, 0) is 54.8 Å². The molecule has 0 aromatic heterocycles. The Morgan fingerprint density at radius 3 is 2.52 bits per heavy atom. The standard InChI is InChI=1S/C17H16BrNOS/c1-11-6-12(2)8-15(7-11)19-16(20)10-21-17(19)13-4-3-5-14(18)9-13/h3-9,17H,10H2,1-2H3/t17-/m1/s1. The van der Waals surface area contributed by atoms with Crippen molar-refractivity contribution in [2.45, 2.75) is 19.2 Å². The van der Waals surface area contributed by atoms with Crippen LogP contribution in [0.2, 0.25) is 0 Å². The van der Waals surface area contributed by atoms with E-state index in [1.165, 1.54) is 11.1 Å². The number of halogens is 1. The Hall–Kier alpha value is -1.26. The van der Waals surface area contributed by atoms with Gasteiger partial charge >= 0.3 is 0 Å². The van der Waals surface area contributed by atoms with Crippen LogP contribution in [0, 0.1) is 13.8 Å². The largest absolute Gasteiger partial charge is 0.295 e. The van der Waals surface area contributed by atoms with E-state index in [1.54, 1.807) is 11.8 Å². The smallest absolute Gasteiger partial charge is 0.238 e. The molecule has 2 aromatic carbocycles. The van der Waals surface area contributed by atoms with Crippen molar-refractivity contribution in [2.24, 2.45) is 0 Å². The number of rotatable bonds is 2. The lowest BCUT2D eigenvalue weighted by atomic mass is 10.1. The van der Waals surface area contributed by atoms with Gasteiger partial charge in [-0.3, -0.25) is 9.69 Å². The number of carbonyl (C=O) groups is 1. The van der Waals surface area contributed by atoms with E-state index in [2.05, 4.69) is 60.1 Å². The van der Waals surface area contributed by atoms with Crippen LogP contribution >= 0.6 is 27.7 Å². The van der Waals surface area contributed by atoms with Gasteiger partial charge in [0, 0.05) is 10.2 Å². The molecular formula is C17H16BrNOS. The van der Waals surface area contributed by atoms with Gasteiger partial charge in [-0.15, -0.1) is 11.8 Å². The summed E-state index contributed by atoms with van der Waals surface area (Å²) < 4.78 is 1.04. The van der Waals surface area contributed by atoms with Crippen LogP contribution in [0.1, 0.15) is 22.1 Å². The fourth-order valence-electron chi connectivity index (χ4n) is 2.70. The molecule has 1 heterocycles. The summed E-state index contributed by atoms with van der Waals surface area (Å²) >= 11 is 5.19. The predicted molar refractivity (Wildman–Crippen MR) is 92.7 cm³/mol. The van der Waals surface area contributed by atoms with Crippen molar-refractivity contribution >= 4 is 39.3 Å². The summed E-state index contributed by atoms with van der Waals surface area (Å²) in [5.41, 5.74) is 4.51. The Morgan fingerprint density at radius 1 is 1.14 bits per heavy atom. The normalized spacial score (nSPS) is 18.3. The van der Waals surface area contributed by atoms with E-state index in [0.29, 0.717) is 5.75 Å². The van der Waals surface area contributed by atoms with Crippen molar-refractivity contribution in [3.63, 3.8) is 0 Å². The Kier molecular flexibility index (Phi) is 4.09. The first-order valence-corrected chi connectivity index (χ1v) is 8.66. The van der Waals surface area contributed by atoms with Gasteiger partial charge in [-0.25, -0.2) is 0 Å². The van der Waals surface area contributed by atoms with Crippen molar-refractivity contribution < 1.29 is 4.79 Å². The second kappa shape index (κ2) is 5.85. The van der Waals surface area contributed by atoms with Gasteiger partial charge in [0.25, 0.3) is 0 Å². The molecule has 3 rings (SSSR count). The molecule has 0 N–H and O–H groups in total. The highest BCUT2D eigenvalue weighted by atomic mass is 79.9. The third-order valence-corrected chi connectivity index (χ3v) is 5.19. The third-order valence-electron chi connectivity index (χ3n) is 3.49. The molecule has 0 spiro atoms. The Morgan fingerprint density at radius 2 is 1.86 bits per heavy atom. The highest BCUT2D eigenvalue weighted by Crippen LogP contribution is 2.42. The van der Waals surface area contributed by atoms with Gasteiger partial charge in [0.1, 0.15) is 5.37 Å². The summed E-state index contributed by atoms with van der Waals surface area (Å²) in [5, 5.41) is 0.0520. The fraction of sp³-hybridized carbons (Fsp3) is 0.235. The minimum Gasteiger partial charge on any atom is -0.295 e. The maximum Gasteiger partial charge on any atom is 0.238 e. The average molecular weight is 362 g/mol. The van der Waals surface area contributed by atoms with Crippen LogP contribution in [0.4, 0.5) is 5.69 Å². The zero-order valence-corrected chi connectivity index (χ0v) is 14.4. The van der Waals surface area contributed by atoms with Crippen LogP contribution in [0.25, 0.3) is 0 Å². The molecular weight excluding hydrogens is 346 g/mol. The Labute approximate surface area is 137 Å². The summed E-state index contributed by atoms with van der Waals surface area (Å²) in [5.74, 6) is 0.708. The van der Waals surface area contributed by atoms with Gasteiger partial charge in [-0.2, -0.15) is 0 Å². The van der Waals surface area contributed by atoms with Crippen LogP contribution in [-0.2, 0) is 4.79 Å². The van der Waals surface area contributed by atoms with Crippen molar-refractivity contribution in [1.29, 1.82) is 0 Å². The Bertz CT molecular complexity index is 681. The Balaban J connectivity index is 2.03. The fourth-order valence-corrected chi connectivity index (χ4v) is 4.28. The molecule has 1 saturated heterocycles. The van der Waals surface area contributed by atoms with Crippen LogP contribution in [0.5, 0.6) is 0 Å². The van der Waals surface area contributed by atoms with E-state index in [0.717, 1.165) is 15.7 Å². The maximum atomic E-state index is 12.4. The van der Waals surface area contributed by atoms with E-state index in [4.69, 9.17) is 0 Å². The van der Waals surface area contributed by atoms with E-state index in [9.17, 15) is 4.79 Å². The first-order valence-electron chi connectivity index (χ1n) is 6.82. The van der Waals surface area contributed by atoms with Gasteiger partial charge in [0.15, 0.2) is 0 Å². The summed E-state index contributed by atoms with van der Waals surface area (Å²) in [6, 6.07) is 14.5. The molecule has 0 saturated carbocycles. The zero-order valence-electron chi connectivity index (χ0n) is 12.0. The summed E-state index contributed by atoms with van der Waals surface area (Å²) in [4.78, 5) is 14.3. The minimum absolute atomic E-state index is 0.0520. The number of carbonyl (C=O) groups excluding carboxylic acids is 1. The second-order valence-electron chi connectivity index (χ2n) is 5.33. The average Bonchev–Trinajstić information content (AvgIpc) is 2.79. The topological polar surface area (TPSA) is 20.3 Å². The van der Waals surface area contributed by atoms with Gasteiger partial charge < -0.3 is 0 Å². The number of hydrogen-bond donors (Lipinski definition) is 0. The minimum atomic E-state index is 0.0520. The first-order chi connectivity index (χ1) is 10.0. The monoisotopic (exact) mass is 361 g/mol. The number of thioether (sulfide) groups is 1. The first kappa shape index (κ1) is 14.7. The van der Waals surface area contributed by atoms with Gasteiger partial charge in [0.05, 0.1) is 5.75 Å². The lowest BCUT2D eigenvalue weighted by Crippen LogP contribution is -2.27. The van der Waals surface area contributed by atoms with E-state index < -0.39 is 0 Å². The van der Waals surface area contributed by atoms with E-state index in [1.807, 2.05) is 17.0 Å². The van der Waals surface area contributed by atoms with Gasteiger partial charge in [-0.1, -0.05) is 34.1 Å². The molecule has 0 unspecified atom stereocenters. The molecule has 21 heavy (non-hydrogen) atoms. The highest BCUT2D eigenvalue weighted by molar-refractivity contribution is 9.10. The number of anilines is 1. The lowest BCUT2D eigenvalue weighted by Gasteiger charge is -2.25. The number of aryl methyl sites for hydroxylation is 2. The lowest BCUT2D eigenvalue weighted by molar-refractivity contribution is -0.115. The van der Waals surface area contributed by atoms with Crippen molar-refractivity contribution in [2.75, 3.05) is 10.7 Å². The van der Waals surface area contributed by atoms with Crippen molar-refractivity contribution in [1.82, 2.24) is 0 Å². The van der Waals surface area contributed by atoms with Crippen molar-refractivity contribution in [3.8, 4) is 0 Å². The van der Waals surface area contributed by atoms with E-state index in [-0.39, 0.29) is 11.3 Å². The zero-order chi connectivity index (χ0) is 15.0. The maximum absolute atomic E-state index is 12.4. The molecule has 1 aliphatic heterocycles. The highest BCUT2D eigenvalue weighted by Gasteiger charge is 2.34. The molecule has 1 fully saturated rings. The molecule has 1 atom stereocenters. The number of amides is 1. The third kappa shape index (κ3) is 3.01. The van der Waals surface area contributed by atoms with E-state index >= 15 is 0 Å². The summed E-state index contributed by atoms with van der Waals surface area (Å²) in [6.07, 6.45) is 0. The quantitative estimate of drug-likeness (QED) is 0.762. The molecule has 2 aromatic rings. The predicted octanol–water partition coefficient (Wildman–Crippen LogP) is 4.84. The molecule has 1 amide bonds. The summed E-state index contributed by atoms with van der Waals surface area (Å²) in [7, 11) is 0. The van der Waals surface area contributed by atoms with Crippen LogP contribution in [0.15, 0.2) is 46.9 Å². The van der Waals surface area contributed by atoms with Crippen LogP contribution in [-0.4, -0.2) is 11.7 Å². The molecule has 0 bridgehead atoms. The molecule has 1 aliphatic rings. The second-order valence-corrected chi connectivity index (χ2v) is 7.31. The SMILES string of the molecule is Cc1cc(C)cc(N2C(=O)CS[C@@H]2c2cccc(Br)c2)c1. The molecule has 108 valence electrons. The van der Waals surface area contributed by atoms with Gasteiger partial charge in [0.2, 0.25) is 5.91 Å².